The van der Waals surface area contributed by atoms with E-state index in [0.717, 1.165) is 21.7 Å². The summed E-state index contributed by atoms with van der Waals surface area (Å²) < 4.78 is 39.8. The Morgan fingerprint density at radius 1 is 0.917 bits per heavy atom. The molecule has 1 N–H and O–H groups in total. The normalized spacial score (nSPS) is 12.0. The van der Waals surface area contributed by atoms with Crippen molar-refractivity contribution in [2.75, 3.05) is 24.2 Å². The summed E-state index contributed by atoms with van der Waals surface area (Å²) in [5.74, 6) is -1.38. The van der Waals surface area contributed by atoms with E-state index >= 15 is 0 Å². The highest BCUT2D eigenvalue weighted by atomic mass is 32.2. The lowest BCUT2D eigenvalue weighted by molar-refractivity contribution is -0.139. The van der Waals surface area contributed by atoms with Gasteiger partial charge in [-0.25, -0.2) is 12.8 Å². The molecule has 0 unspecified atom stereocenters. The number of carbonyl (C=O) groups excluding carboxylic acids is 2. The molecule has 0 saturated heterocycles. The predicted octanol–water partition coefficient (Wildman–Crippen LogP) is 3.29. The fourth-order valence-corrected chi connectivity index (χ4v) is 4.68. The van der Waals surface area contributed by atoms with Crippen molar-refractivity contribution in [3.05, 3.63) is 101 Å². The number of amides is 2. The molecular formula is C27H30FN3O4S. The van der Waals surface area contributed by atoms with Crippen LogP contribution in [0, 0.1) is 12.7 Å². The molecule has 0 aromatic heterocycles. The van der Waals surface area contributed by atoms with E-state index in [0.29, 0.717) is 11.3 Å². The van der Waals surface area contributed by atoms with Gasteiger partial charge in [0.05, 0.1) is 11.9 Å². The summed E-state index contributed by atoms with van der Waals surface area (Å²) >= 11 is 0. The fourth-order valence-electron chi connectivity index (χ4n) is 3.83. The van der Waals surface area contributed by atoms with Crippen LogP contribution in [0.4, 0.5) is 10.1 Å². The molecule has 0 aliphatic carbocycles. The zero-order chi connectivity index (χ0) is 26.3. The highest BCUT2D eigenvalue weighted by Crippen LogP contribution is 2.21. The van der Waals surface area contributed by atoms with Gasteiger partial charge >= 0.3 is 0 Å². The third-order valence-corrected chi connectivity index (χ3v) is 6.93. The lowest BCUT2D eigenvalue weighted by Crippen LogP contribution is -2.52. The molecule has 0 radical (unpaired) electrons. The van der Waals surface area contributed by atoms with Gasteiger partial charge in [0.25, 0.3) is 0 Å². The van der Waals surface area contributed by atoms with Crippen molar-refractivity contribution in [2.45, 2.75) is 25.9 Å². The van der Waals surface area contributed by atoms with Crippen LogP contribution < -0.4 is 9.62 Å². The van der Waals surface area contributed by atoms with E-state index in [1.807, 2.05) is 37.3 Å². The van der Waals surface area contributed by atoms with Crippen LogP contribution in [-0.4, -0.2) is 51.0 Å². The van der Waals surface area contributed by atoms with E-state index in [9.17, 15) is 22.4 Å². The van der Waals surface area contributed by atoms with Crippen LogP contribution >= 0.6 is 0 Å². The number of anilines is 1. The Balaban J connectivity index is 2.00. The monoisotopic (exact) mass is 511 g/mol. The first-order valence-corrected chi connectivity index (χ1v) is 13.3. The Bertz CT molecular complexity index is 1280. The minimum Gasteiger partial charge on any atom is -0.357 e. The number of sulfonamides is 1. The fraction of sp³-hybridized carbons (Fsp3) is 0.259. The Morgan fingerprint density at radius 3 is 2.08 bits per heavy atom. The molecule has 3 aromatic rings. The molecule has 7 nitrogen and oxygen atoms in total. The lowest BCUT2D eigenvalue weighted by Gasteiger charge is -2.33. The number of benzene rings is 3. The van der Waals surface area contributed by atoms with Crippen molar-refractivity contribution < 1.29 is 22.4 Å². The Kier molecular flexibility index (Phi) is 8.82. The summed E-state index contributed by atoms with van der Waals surface area (Å²) in [5.41, 5.74) is 2.73. The predicted molar refractivity (Wildman–Crippen MR) is 138 cm³/mol. The van der Waals surface area contributed by atoms with E-state index in [1.54, 1.807) is 24.3 Å². The maximum Gasteiger partial charge on any atom is 0.244 e. The number of halogens is 1. The molecule has 0 saturated carbocycles. The molecule has 2 amide bonds. The lowest BCUT2D eigenvalue weighted by atomic mass is 10.0. The van der Waals surface area contributed by atoms with Gasteiger partial charge in [-0.1, -0.05) is 60.2 Å². The molecule has 0 spiro atoms. The van der Waals surface area contributed by atoms with Crippen molar-refractivity contribution in [1.29, 1.82) is 0 Å². The van der Waals surface area contributed by atoms with Crippen LogP contribution in [-0.2, 0) is 32.6 Å². The molecule has 36 heavy (non-hydrogen) atoms. The molecule has 9 heteroatoms. The Hall–Kier alpha value is -3.72. The number of carbonyl (C=O) groups is 2. The second-order valence-electron chi connectivity index (χ2n) is 8.57. The number of hydrogen-bond donors (Lipinski definition) is 1. The highest BCUT2D eigenvalue weighted by Gasteiger charge is 2.32. The van der Waals surface area contributed by atoms with Crippen molar-refractivity contribution in [2.24, 2.45) is 0 Å². The summed E-state index contributed by atoms with van der Waals surface area (Å²) in [7, 11) is -2.33. The van der Waals surface area contributed by atoms with E-state index in [1.165, 1.54) is 36.2 Å². The third kappa shape index (κ3) is 7.14. The van der Waals surface area contributed by atoms with E-state index in [4.69, 9.17) is 0 Å². The summed E-state index contributed by atoms with van der Waals surface area (Å²) in [4.78, 5) is 28.1. The minimum absolute atomic E-state index is 0.00443. The van der Waals surface area contributed by atoms with E-state index in [-0.39, 0.29) is 13.0 Å². The topological polar surface area (TPSA) is 86.8 Å². The highest BCUT2D eigenvalue weighted by molar-refractivity contribution is 7.92. The van der Waals surface area contributed by atoms with Crippen LogP contribution in [0.5, 0.6) is 0 Å². The Labute approximate surface area is 211 Å². The first-order chi connectivity index (χ1) is 17.1. The number of aryl methyl sites for hydroxylation is 1. The number of rotatable bonds is 10. The van der Waals surface area contributed by atoms with Crippen LogP contribution in [0.15, 0.2) is 78.9 Å². The minimum atomic E-state index is -3.81. The van der Waals surface area contributed by atoms with Crippen LogP contribution in [0.3, 0.4) is 0 Å². The third-order valence-electron chi connectivity index (χ3n) is 5.78. The second kappa shape index (κ2) is 11.8. The maximum atomic E-state index is 13.7. The first kappa shape index (κ1) is 26.9. The van der Waals surface area contributed by atoms with E-state index < -0.39 is 40.2 Å². The molecule has 190 valence electrons. The van der Waals surface area contributed by atoms with Gasteiger partial charge in [-0.05, 0) is 42.3 Å². The largest absolute Gasteiger partial charge is 0.357 e. The summed E-state index contributed by atoms with van der Waals surface area (Å²) in [6, 6.07) is 20.7. The average molecular weight is 512 g/mol. The zero-order valence-corrected chi connectivity index (χ0v) is 21.3. The van der Waals surface area contributed by atoms with Crippen molar-refractivity contribution in [3.8, 4) is 0 Å². The average Bonchev–Trinajstić information content (AvgIpc) is 2.86. The quantitative estimate of drug-likeness (QED) is 0.453. The molecule has 0 fully saturated rings. The molecule has 0 aliphatic rings. The first-order valence-electron chi connectivity index (χ1n) is 11.4. The molecular weight excluding hydrogens is 481 g/mol. The summed E-state index contributed by atoms with van der Waals surface area (Å²) in [5, 5.41) is 2.61. The van der Waals surface area contributed by atoms with Crippen LogP contribution in [0.2, 0.25) is 0 Å². The number of nitrogens with one attached hydrogen (secondary N) is 1. The van der Waals surface area contributed by atoms with Crippen molar-refractivity contribution in [1.82, 2.24) is 10.2 Å². The molecule has 0 aliphatic heterocycles. The standard InChI is InChI=1S/C27H30FN3O4S/c1-20-9-15-24(16-10-20)31(36(3,34)35)19-26(32)30(18-22-11-13-23(28)14-12-22)25(27(33)29-2)17-21-7-5-4-6-8-21/h4-16,25H,17-19H2,1-3H3,(H,29,33)/t25-/m1/s1. The number of hydrogen-bond acceptors (Lipinski definition) is 4. The van der Waals surface area contributed by atoms with E-state index in [2.05, 4.69) is 5.32 Å². The summed E-state index contributed by atoms with van der Waals surface area (Å²) in [6.45, 7) is 1.38. The number of likely N-dealkylation sites (N-methyl/N-ethyl adjacent to an activating group) is 1. The molecule has 3 aromatic carbocycles. The summed E-state index contributed by atoms with van der Waals surface area (Å²) in [6.07, 6.45) is 1.25. The SMILES string of the molecule is CNC(=O)[C@@H](Cc1ccccc1)N(Cc1ccc(F)cc1)C(=O)CN(c1ccc(C)cc1)S(C)(=O)=O. The zero-order valence-electron chi connectivity index (χ0n) is 20.5. The number of nitrogens with zero attached hydrogens (tertiary/aromatic N) is 2. The van der Waals surface area contributed by atoms with Crippen LogP contribution in [0.1, 0.15) is 16.7 Å². The van der Waals surface area contributed by atoms with Gasteiger partial charge in [0.1, 0.15) is 18.4 Å². The Morgan fingerprint density at radius 2 is 1.53 bits per heavy atom. The van der Waals surface area contributed by atoms with Gasteiger partial charge in [0.15, 0.2) is 0 Å². The van der Waals surface area contributed by atoms with Gasteiger partial charge in [0.2, 0.25) is 21.8 Å². The van der Waals surface area contributed by atoms with Gasteiger partial charge in [-0.3, -0.25) is 13.9 Å². The van der Waals surface area contributed by atoms with Crippen molar-refractivity contribution in [3.63, 3.8) is 0 Å². The molecule has 0 bridgehead atoms. The molecule has 0 heterocycles. The van der Waals surface area contributed by atoms with Gasteiger partial charge in [-0.2, -0.15) is 0 Å². The second-order valence-corrected chi connectivity index (χ2v) is 10.5. The smallest absolute Gasteiger partial charge is 0.244 e. The van der Waals surface area contributed by atoms with Gasteiger partial charge in [-0.15, -0.1) is 0 Å². The maximum absolute atomic E-state index is 13.7. The molecule has 1 atom stereocenters. The van der Waals surface area contributed by atoms with Gasteiger partial charge in [0, 0.05) is 20.0 Å². The molecule has 3 rings (SSSR count). The van der Waals surface area contributed by atoms with Crippen molar-refractivity contribution >= 4 is 27.5 Å². The van der Waals surface area contributed by atoms with Crippen LogP contribution in [0.25, 0.3) is 0 Å². The van der Waals surface area contributed by atoms with Gasteiger partial charge < -0.3 is 10.2 Å².